The lowest BCUT2D eigenvalue weighted by atomic mass is 9.84. The van der Waals surface area contributed by atoms with Crippen LogP contribution in [0.2, 0.25) is 0 Å². The number of hydrogen-bond acceptors (Lipinski definition) is 3. The normalized spacial score (nSPS) is 10.9. The largest absolute Gasteiger partial charge is 0.496 e. The van der Waals surface area contributed by atoms with Crippen LogP contribution in [0.4, 0.5) is 5.69 Å². The molecule has 98 valence electrons. The van der Waals surface area contributed by atoms with Gasteiger partial charge in [0.2, 0.25) is 5.91 Å². The molecule has 0 aliphatic carbocycles. The Hall–Kier alpha value is -2.04. The summed E-state index contributed by atoms with van der Waals surface area (Å²) in [4.78, 5) is 22.3. The van der Waals surface area contributed by atoms with Gasteiger partial charge in [0.25, 0.3) is 0 Å². The summed E-state index contributed by atoms with van der Waals surface area (Å²) in [6.07, 6.45) is 0. The molecule has 0 aromatic heterocycles. The highest BCUT2D eigenvalue weighted by atomic mass is 16.5. The molecule has 0 radical (unpaired) electrons. The average Bonchev–Trinajstić information content (AvgIpc) is 2.27. The summed E-state index contributed by atoms with van der Waals surface area (Å²) in [5, 5.41) is 11.9. The lowest BCUT2D eigenvalue weighted by Crippen LogP contribution is -2.29. The zero-order chi connectivity index (χ0) is 13.9. The Morgan fingerprint density at radius 2 is 1.94 bits per heavy atom. The summed E-state index contributed by atoms with van der Waals surface area (Å²) < 4.78 is 5.17. The fourth-order valence-electron chi connectivity index (χ4n) is 1.59. The van der Waals surface area contributed by atoms with E-state index in [1.807, 2.05) is 0 Å². The van der Waals surface area contributed by atoms with E-state index in [0.717, 1.165) is 0 Å². The molecule has 0 unspecified atom stereocenters. The molecule has 1 amide bonds. The first-order valence-electron chi connectivity index (χ1n) is 5.48. The molecule has 18 heavy (non-hydrogen) atoms. The van der Waals surface area contributed by atoms with Gasteiger partial charge in [-0.1, -0.05) is 0 Å². The van der Waals surface area contributed by atoms with Crippen molar-refractivity contribution in [2.45, 2.75) is 26.2 Å². The zero-order valence-corrected chi connectivity index (χ0v) is 10.9. The molecule has 0 heterocycles. The Kier molecular flexibility index (Phi) is 3.96. The van der Waals surface area contributed by atoms with Gasteiger partial charge in [0, 0.05) is 18.2 Å². The molecule has 0 saturated heterocycles. The van der Waals surface area contributed by atoms with Crippen molar-refractivity contribution in [1.29, 1.82) is 0 Å². The minimum atomic E-state index is -1.10. The number of carbonyl (C=O) groups excluding carboxylic acids is 1. The van der Waals surface area contributed by atoms with Crippen molar-refractivity contribution >= 4 is 17.6 Å². The number of hydrogen-bond donors (Lipinski definition) is 2. The minimum absolute atomic E-state index is 0.209. The number of methoxy groups -OCH3 is 1. The Bertz CT molecular complexity index is 480. The highest BCUT2D eigenvalue weighted by molar-refractivity contribution is 5.89. The number of amides is 1. The Morgan fingerprint density at radius 3 is 2.39 bits per heavy atom. The maximum atomic E-state index is 11.3. The van der Waals surface area contributed by atoms with Crippen molar-refractivity contribution in [3.63, 3.8) is 0 Å². The molecule has 1 rings (SSSR count). The van der Waals surface area contributed by atoms with E-state index in [9.17, 15) is 14.7 Å². The fraction of sp³-hybridized carbons (Fsp3) is 0.385. The molecule has 0 fully saturated rings. The van der Waals surface area contributed by atoms with Crippen molar-refractivity contribution < 1.29 is 19.4 Å². The summed E-state index contributed by atoms with van der Waals surface area (Å²) >= 11 is 0. The molecule has 2 N–H and O–H groups in total. The lowest BCUT2D eigenvalue weighted by molar-refractivity contribution is -0.142. The molecular weight excluding hydrogens is 234 g/mol. The van der Waals surface area contributed by atoms with Crippen LogP contribution in [0.3, 0.4) is 0 Å². The van der Waals surface area contributed by atoms with Crippen LogP contribution < -0.4 is 10.1 Å². The van der Waals surface area contributed by atoms with Crippen molar-refractivity contribution in [3.05, 3.63) is 23.8 Å². The van der Waals surface area contributed by atoms with E-state index in [4.69, 9.17) is 4.74 Å². The van der Waals surface area contributed by atoms with Crippen LogP contribution in [0, 0.1) is 0 Å². The molecule has 0 atom stereocenters. The lowest BCUT2D eigenvalue weighted by Gasteiger charge is -2.23. The Balaban J connectivity index is 3.30. The predicted molar refractivity (Wildman–Crippen MR) is 68.0 cm³/mol. The summed E-state index contributed by atoms with van der Waals surface area (Å²) in [7, 11) is 1.48. The van der Waals surface area contributed by atoms with Gasteiger partial charge in [-0.3, -0.25) is 9.59 Å². The maximum Gasteiger partial charge on any atom is 0.313 e. The molecule has 5 nitrogen and oxygen atoms in total. The third kappa shape index (κ3) is 2.80. The maximum absolute atomic E-state index is 11.3. The van der Waals surface area contributed by atoms with Gasteiger partial charge in [-0.15, -0.1) is 0 Å². The van der Waals surface area contributed by atoms with E-state index < -0.39 is 11.4 Å². The van der Waals surface area contributed by atoms with Crippen LogP contribution in [0.25, 0.3) is 0 Å². The van der Waals surface area contributed by atoms with Crippen LogP contribution in [0.5, 0.6) is 5.75 Å². The van der Waals surface area contributed by atoms with Gasteiger partial charge in [-0.05, 0) is 32.0 Å². The molecule has 5 heteroatoms. The van der Waals surface area contributed by atoms with Gasteiger partial charge >= 0.3 is 5.97 Å². The standard InChI is InChI=1S/C13H17NO4/c1-8(15)14-9-5-6-11(18-4)10(7-9)13(2,3)12(16)17/h5-7H,1-4H3,(H,14,15)(H,16,17). The van der Waals surface area contributed by atoms with E-state index in [1.165, 1.54) is 14.0 Å². The van der Waals surface area contributed by atoms with E-state index in [0.29, 0.717) is 17.0 Å². The first-order valence-corrected chi connectivity index (χ1v) is 5.48. The van der Waals surface area contributed by atoms with E-state index in [1.54, 1.807) is 32.0 Å². The number of anilines is 1. The fourth-order valence-corrected chi connectivity index (χ4v) is 1.59. The highest BCUT2D eigenvalue weighted by Crippen LogP contribution is 2.34. The van der Waals surface area contributed by atoms with Crippen LogP contribution in [-0.4, -0.2) is 24.1 Å². The van der Waals surface area contributed by atoms with E-state index in [2.05, 4.69) is 5.32 Å². The van der Waals surface area contributed by atoms with Gasteiger partial charge < -0.3 is 15.2 Å². The van der Waals surface area contributed by atoms with Crippen molar-refractivity contribution in [2.24, 2.45) is 0 Å². The van der Waals surface area contributed by atoms with Gasteiger partial charge in [0.1, 0.15) is 5.75 Å². The second-order valence-electron chi connectivity index (χ2n) is 4.53. The SMILES string of the molecule is COc1ccc(NC(C)=O)cc1C(C)(C)C(=O)O. The van der Waals surface area contributed by atoms with Gasteiger partial charge in [0.05, 0.1) is 12.5 Å². The summed E-state index contributed by atoms with van der Waals surface area (Å²) in [6.45, 7) is 4.57. The smallest absolute Gasteiger partial charge is 0.313 e. The molecule has 1 aromatic carbocycles. The topological polar surface area (TPSA) is 75.6 Å². The number of benzene rings is 1. The summed E-state index contributed by atoms with van der Waals surface area (Å²) in [5.74, 6) is -0.684. The minimum Gasteiger partial charge on any atom is -0.496 e. The van der Waals surface area contributed by atoms with Gasteiger partial charge in [0.15, 0.2) is 0 Å². The average molecular weight is 251 g/mol. The predicted octanol–water partition coefficient (Wildman–Crippen LogP) is 2.02. The van der Waals surface area contributed by atoms with Gasteiger partial charge in [-0.2, -0.15) is 0 Å². The van der Waals surface area contributed by atoms with Crippen LogP contribution in [-0.2, 0) is 15.0 Å². The number of nitrogens with one attached hydrogen (secondary N) is 1. The monoisotopic (exact) mass is 251 g/mol. The molecule has 0 aliphatic rings. The molecule has 1 aromatic rings. The van der Waals surface area contributed by atoms with Crippen LogP contribution in [0.15, 0.2) is 18.2 Å². The number of ether oxygens (including phenoxy) is 1. The molecule has 0 aliphatic heterocycles. The number of carbonyl (C=O) groups is 2. The van der Waals surface area contributed by atoms with Crippen LogP contribution in [0.1, 0.15) is 26.3 Å². The van der Waals surface area contributed by atoms with Gasteiger partial charge in [-0.25, -0.2) is 0 Å². The quantitative estimate of drug-likeness (QED) is 0.858. The molecule has 0 bridgehead atoms. The second kappa shape index (κ2) is 5.08. The third-order valence-corrected chi connectivity index (χ3v) is 2.73. The third-order valence-electron chi connectivity index (χ3n) is 2.73. The Morgan fingerprint density at radius 1 is 1.33 bits per heavy atom. The summed E-state index contributed by atoms with van der Waals surface area (Å²) in [5.41, 5.74) is -0.0313. The first kappa shape index (κ1) is 14.0. The zero-order valence-electron chi connectivity index (χ0n) is 10.9. The number of carboxylic acids is 1. The van der Waals surface area contributed by atoms with Crippen molar-refractivity contribution in [2.75, 3.05) is 12.4 Å². The van der Waals surface area contributed by atoms with E-state index >= 15 is 0 Å². The summed E-state index contributed by atoms with van der Waals surface area (Å²) in [6, 6.07) is 4.93. The number of aliphatic carboxylic acids is 1. The first-order chi connectivity index (χ1) is 8.28. The van der Waals surface area contributed by atoms with Crippen molar-refractivity contribution in [1.82, 2.24) is 0 Å². The Labute approximate surface area is 106 Å². The molecule has 0 saturated carbocycles. The van der Waals surface area contributed by atoms with E-state index in [-0.39, 0.29) is 5.91 Å². The highest BCUT2D eigenvalue weighted by Gasteiger charge is 2.32. The van der Waals surface area contributed by atoms with Crippen LogP contribution >= 0.6 is 0 Å². The number of carboxylic acid groups (broad SMARTS) is 1. The van der Waals surface area contributed by atoms with Crippen molar-refractivity contribution in [3.8, 4) is 5.75 Å². The number of rotatable bonds is 4. The second-order valence-corrected chi connectivity index (χ2v) is 4.53. The molecule has 0 spiro atoms. The molecular formula is C13H17NO4.